The van der Waals surface area contributed by atoms with Gasteiger partial charge in [0.1, 0.15) is 0 Å². The minimum atomic E-state index is 0.632. The molecule has 2 N–H and O–H groups in total. The molecule has 1 aromatic carbocycles. The molecule has 0 amide bonds. The number of aliphatic imine (C=N–C) groups is 1. The molecular weight excluding hydrogens is 416 g/mol. The van der Waals surface area contributed by atoms with Crippen molar-refractivity contribution < 1.29 is 0 Å². The van der Waals surface area contributed by atoms with Gasteiger partial charge in [-0.15, -0.1) is 0 Å². The first kappa shape index (κ1) is 20.7. The highest BCUT2D eigenvalue weighted by molar-refractivity contribution is 9.10. The number of halogens is 1. The number of aromatic nitrogens is 2. The summed E-state index contributed by atoms with van der Waals surface area (Å²) in [6.07, 6.45) is 2.22. The molecule has 3 rings (SSSR count). The summed E-state index contributed by atoms with van der Waals surface area (Å²) in [4.78, 5) is 6.82. The Hall–Kier alpha value is -2.02. The van der Waals surface area contributed by atoms with Crippen LogP contribution in [-0.2, 0) is 6.54 Å². The van der Waals surface area contributed by atoms with Crippen molar-refractivity contribution in [2.75, 3.05) is 38.1 Å². The van der Waals surface area contributed by atoms with Crippen LogP contribution in [0.4, 0.5) is 5.69 Å². The second kappa shape index (κ2) is 9.96. The third-order valence-electron chi connectivity index (χ3n) is 5.18. The maximum atomic E-state index is 4.51. The van der Waals surface area contributed by atoms with Crippen LogP contribution in [0.1, 0.15) is 24.2 Å². The lowest BCUT2D eigenvalue weighted by Gasteiger charge is -2.19. The molecule has 0 saturated carbocycles. The van der Waals surface area contributed by atoms with E-state index in [1.165, 1.54) is 17.8 Å². The van der Waals surface area contributed by atoms with E-state index in [2.05, 4.69) is 83.5 Å². The highest BCUT2D eigenvalue weighted by atomic mass is 79.9. The fourth-order valence-electron chi connectivity index (χ4n) is 3.71. The van der Waals surface area contributed by atoms with Crippen LogP contribution in [0, 0.1) is 19.8 Å². The van der Waals surface area contributed by atoms with Gasteiger partial charge in [-0.05, 0) is 56.9 Å². The number of anilines is 1. The fraction of sp³-hybridized carbons (Fsp3) is 0.524. The van der Waals surface area contributed by atoms with E-state index in [1.54, 1.807) is 0 Å². The third-order valence-corrected chi connectivity index (χ3v) is 5.68. The SMILES string of the molecule is CN=C(NCCCn1nc(C)cc1C)NCC1CCN(c2cccc(Br)c2)C1. The molecule has 0 bridgehead atoms. The molecule has 1 aliphatic rings. The second-order valence-corrected chi connectivity index (χ2v) is 8.38. The Balaban J connectivity index is 1.37. The Morgan fingerprint density at radius 1 is 1.29 bits per heavy atom. The van der Waals surface area contributed by atoms with Crippen LogP contribution in [-0.4, -0.2) is 49.0 Å². The van der Waals surface area contributed by atoms with Gasteiger partial charge < -0.3 is 15.5 Å². The Labute approximate surface area is 176 Å². The summed E-state index contributed by atoms with van der Waals surface area (Å²) in [5.41, 5.74) is 3.59. The van der Waals surface area contributed by atoms with E-state index in [0.717, 1.165) is 55.3 Å². The predicted molar refractivity (Wildman–Crippen MR) is 120 cm³/mol. The van der Waals surface area contributed by atoms with Crippen LogP contribution in [0.2, 0.25) is 0 Å². The van der Waals surface area contributed by atoms with Gasteiger partial charge in [-0.25, -0.2) is 0 Å². The number of aryl methyl sites for hydroxylation is 3. The van der Waals surface area contributed by atoms with Crippen molar-refractivity contribution in [2.24, 2.45) is 10.9 Å². The minimum Gasteiger partial charge on any atom is -0.371 e. The van der Waals surface area contributed by atoms with Gasteiger partial charge in [-0.1, -0.05) is 22.0 Å². The minimum absolute atomic E-state index is 0.632. The van der Waals surface area contributed by atoms with Crippen molar-refractivity contribution in [3.63, 3.8) is 0 Å². The number of nitrogens with one attached hydrogen (secondary N) is 2. The average molecular weight is 447 g/mol. The van der Waals surface area contributed by atoms with E-state index >= 15 is 0 Å². The molecule has 0 radical (unpaired) electrons. The van der Waals surface area contributed by atoms with E-state index in [4.69, 9.17) is 0 Å². The molecule has 1 atom stereocenters. The summed E-state index contributed by atoms with van der Waals surface area (Å²) in [5, 5.41) is 11.4. The standard InChI is InChI=1S/C21H31BrN6/c1-16-12-17(2)28(26-16)10-5-9-24-21(23-3)25-14-18-8-11-27(15-18)20-7-4-6-19(22)13-20/h4,6-7,12-13,18H,5,8-11,14-15H2,1-3H3,(H2,23,24,25). The van der Waals surface area contributed by atoms with Crippen LogP contribution in [0.3, 0.4) is 0 Å². The maximum absolute atomic E-state index is 4.51. The zero-order chi connectivity index (χ0) is 19.9. The Morgan fingerprint density at radius 3 is 2.86 bits per heavy atom. The lowest BCUT2D eigenvalue weighted by Crippen LogP contribution is -2.40. The van der Waals surface area contributed by atoms with E-state index in [0.29, 0.717) is 5.92 Å². The summed E-state index contributed by atoms with van der Waals surface area (Å²) < 4.78 is 3.21. The van der Waals surface area contributed by atoms with Crippen molar-refractivity contribution in [3.8, 4) is 0 Å². The third kappa shape index (κ3) is 5.74. The molecule has 7 heteroatoms. The molecule has 0 spiro atoms. The summed E-state index contributed by atoms with van der Waals surface area (Å²) in [6, 6.07) is 10.7. The molecule has 1 aliphatic heterocycles. The first-order valence-corrected chi connectivity index (χ1v) is 10.8. The lowest BCUT2D eigenvalue weighted by atomic mass is 10.1. The average Bonchev–Trinajstić information content (AvgIpc) is 3.27. The van der Waals surface area contributed by atoms with Gasteiger partial charge in [0.2, 0.25) is 0 Å². The van der Waals surface area contributed by atoms with E-state index in [-0.39, 0.29) is 0 Å². The highest BCUT2D eigenvalue weighted by Gasteiger charge is 2.22. The number of nitrogens with zero attached hydrogens (tertiary/aromatic N) is 4. The normalized spacial score (nSPS) is 17.2. The smallest absolute Gasteiger partial charge is 0.190 e. The molecule has 6 nitrogen and oxygen atoms in total. The zero-order valence-corrected chi connectivity index (χ0v) is 18.7. The number of rotatable bonds is 7. The van der Waals surface area contributed by atoms with Crippen LogP contribution in [0.15, 0.2) is 39.8 Å². The van der Waals surface area contributed by atoms with E-state index in [1.807, 2.05) is 14.0 Å². The van der Waals surface area contributed by atoms with Crippen molar-refractivity contribution in [2.45, 2.75) is 33.2 Å². The van der Waals surface area contributed by atoms with Crippen molar-refractivity contribution in [3.05, 3.63) is 46.2 Å². The molecule has 1 aromatic heterocycles. The molecule has 0 aliphatic carbocycles. The number of hydrogen-bond donors (Lipinski definition) is 2. The van der Waals surface area contributed by atoms with Gasteiger partial charge in [0.05, 0.1) is 5.69 Å². The molecule has 28 heavy (non-hydrogen) atoms. The predicted octanol–water partition coefficient (Wildman–Crippen LogP) is 3.34. The van der Waals surface area contributed by atoms with Crippen LogP contribution in [0.5, 0.6) is 0 Å². The van der Waals surface area contributed by atoms with Crippen molar-refractivity contribution in [1.82, 2.24) is 20.4 Å². The molecule has 1 fully saturated rings. The number of hydrogen-bond acceptors (Lipinski definition) is 3. The van der Waals surface area contributed by atoms with Crippen molar-refractivity contribution in [1.29, 1.82) is 0 Å². The number of guanidine groups is 1. The highest BCUT2D eigenvalue weighted by Crippen LogP contribution is 2.25. The Bertz CT molecular complexity index is 800. The van der Waals surface area contributed by atoms with Gasteiger partial charge >= 0.3 is 0 Å². The van der Waals surface area contributed by atoms with Crippen LogP contribution < -0.4 is 15.5 Å². The molecule has 2 heterocycles. The fourth-order valence-corrected chi connectivity index (χ4v) is 4.09. The van der Waals surface area contributed by atoms with Crippen LogP contribution >= 0.6 is 15.9 Å². The zero-order valence-electron chi connectivity index (χ0n) is 17.1. The topological polar surface area (TPSA) is 57.5 Å². The Kier molecular flexibility index (Phi) is 7.36. The molecule has 1 unspecified atom stereocenters. The summed E-state index contributed by atoms with van der Waals surface area (Å²) >= 11 is 3.56. The molecular formula is C21H31BrN6. The first-order valence-electron chi connectivity index (χ1n) is 10.0. The second-order valence-electron chi connectivity index (χ2n) is 7.46. The van der Waals surface area contributed by atoms with Gasteiger partial charge in [0, 0.05) is 55.6 Å². The quantitative estimate of drug-likeness (QED) is 0.388. The number of benzene rings is 1. The maximum Gasteiger partial charge on any atom is 0.190 e. The lowest BCUT2D eigenvalue weighted by molar-refractivity contribution is 0.545. The summed E-state index contributed by atoms with van der Waals surface area (Å²) in [6.45, 7) is 9.08. The summed E-state index contributed by atoms with van der Waals surface area (Å²) in [7, 11) is 1.83. The Morgan fingerprint density at radius 2 is 2.14 bits per heavy atom. The molecule has 1 saturated heterocycles. The first-order chi connectivity index (χ1) is 13.5. The van der Waals surface area contributed by atoms with E-state index < -0.39 is 0 Å². The largest absolute Gasteiger partial charge is 0.371 e. The van der Waals surface area contributed by atoms with Gasteiger partial charge in [-0.2, -0.15) is 5.10 Å². The van der Waals surface area contributed by atoms with Gasteiger partial charge in [-0.3, -0.25) is 9.67 Å². The molecule has 2 aromatic rings. The van der Waals surface area contributed by atoms with Gasteiger partial charge in [0.15, 0.2) is 5.96 Å². The van der Waals surface area contributed by atoms with E-state index in [9.17, 15) is 0 Å². The monoisotopic (exact) mass is 446 g/mol. The molecule has 152 valence electrons. The van der Waals surface area contributed by atoms with Gasteiger partial charge in [0.25, 0.3) is 0 Å². The van der Waals surface area contributed by atoms with Crippen molar-refractivity contribution >= 4 is 27.6 Å². The summed E-state index contributed by atoms with van der Waals surface area (Å²) in [5.74, 6) is 1.52. The van der Waals surface area contributed by atoms with Crippen LogP contribution in [0.25, 0.3) is 0 Å².